The predicted molar refractivity (Wildman–Crippen MR) is 87.3 cm³/mol. The van der Waals surface area contributed by atoms with Crippen molar-refractivity contribution in [1.82, 2.24) is 0 Å². The third kappa shape index (κ3) is 2.87. The van der Waals surface area contributed by atoms with Crippen LogP contribution in [-0.2, 0) is 6.42 Å². The van der Waals surface area contributed by atoms with E-state index in [1.165, 1.54) is 26.1 Å². The van der Waals surface area contributed by atoms with Gasteiger partial charge in [-0.2, -0.15) is 0 Å². The second-order valence-corrected chi connectivity index (χ2v) is 5.87. The van der Waals surface area contributed by atoms with E-state index in [2.05, 4.69) is 66.7 Å². The van der Waals surface area contributed by atoms with Crippen LogP contribution in [0.3, 0.4) is 0 Å². The largest absolute Gasteiger partial charge is 0.330 e. The Morgan fingerprint density at radius 2 is 1.55 bits per heavy atom. The maximum atomic E-state index is 5.69. The molecule has 20 heavy (non-hydrogen) atoms. The Balaban J connectivity index is 1.93. The summed E-state index contributed by atoms with van der Waals surface area (Å²) in [5, 5.41) is 2.57. The van der Waals surface area contributed by atoms with Crippen molar-refractivity contribution in [2.24, 2.45) is 5.73 Å². The quantitative estimate of drug-likeness (QED) is 0.761. The first kappa shape index (κ1) is 13.2. The average molecular weight is 279 g/mol. The number of nitrogens with two attached hydrogens (primary N) is 1. The molecule has 0 heterocycles. The highest BCUT2D eigenvalue weighted by Gasteiger charge is 2.04. The Morgan fingerprint density at radius 1 is 0.800 bits per heavy atom. The lowest BCUT2D eigenvalue weighted by molar-refractivity contribution is 0.944. The van der Waals surface area contributed by atoms with Gasteiger partial charge in [0.15, 0.2) is 0 Å². The SMILES string of the molecule is NCCc1ccccc1Sc1ccc2ccccc2c1. The van der Waals surface area contributed by atoms with E-state index in [0.717, 1.165) is 6.42 Å². The van der Waals surface area contributed by atoms with Gasteiger partial charge in [-0.15, -0.1) is 0 Å². The van der Waals surface area contributed by atoms with Gasteiger partial charge >= 0.3 is 0 Å². The lowest BCUT2D eigenvalue weighted by Crippen LogP contribution is -2.03. The number of benzene rings is 3. The minimum atomic E-state index is 0.690. The first-order valence-electron chi connectivity index (χ1n) is 6.81. The van der Waals surface area contributed by atoms with Crippen LogP contribution in [0.5, 0.6) is 0 Å². The molecule has 1 nitrogen and oxygen atoms in total. The van der Waals surface area contributed by atoms with Crippen molar-refractivity contribution in [3.05, 3.63) is 72.3 Å². The van der Waals surface area contributed by atoms with Crippen LogP contribution in [0, 0.1) is 0 Å². The minimum Gasteiger partial charge on any atom is -0.330 e. The highest BCUT2D eigenvalue weighted by molar-refractivity contribution is 7.99. The Labute approximate surface area is 123 Å². The van der Waals surface area contributed by atoms with Gasteiger partial charge in [-0.25, -0.2) is 0 Å². The standard InChI is InChI=1S/C18H17NS/c19-12-11-15-6-3-4-8-18(15)20-17-10-9-14-5-1-2-7-16(14)13-17/h1-10,13H,11-12,19H2. The third-order valence-corrected chi connectivity index (χ3v) is 4.44. The molecule has 2 N–H and O–H groups in total. The fourth-order valence-electron chi connectivity index (χ4n) is 2.32. The molecule has 0 aromatic heterocycles. The van der Waals surface area contributed by atoms with E-state index in [-0.39, 0.29) is 0 Å². The van der Waals surface area contributed by atoms with Crippen molar-refractivity contribution in [2.45, 2.75) is 16.2 Å². The van der Waals surface area contributed by atoms with Crippen LogP contribution in [0.25, 0.3) is 10.8 Å². The molecule has 2 heteroatoms. The van der Waals surface area contributed by atoms with Crippen LogP contribution in [0.15, 0.2) is 76.5 Å². The highest BCUT2D eigenvalue weighted by atomic mass is 32.2. The molecule has 0 unspecified atom stereocenters. The molecular weight excluding hydrogens is 262 g/mol. The lowest BCUT2D eigenvalue weighted by Gasteiger charge is -2.09. The van der Waals surface area contributed by atoms with Gasteiger partial charge < -0.3 is 5.73 Å². The Hall–Kier alpha value is -1.77. The Morgan fingerprint density at radius 3 is 2.40 bits per heavy atom. The molecule has 3 rings (SSSR count). The monoisotopic (exact) mass is 279 g/mol. The molecule has 0 amide bonds. The average Bonchev–Trinajstić information content (AvgIpc) is 2.49. The van der Waals surface area contributed by atoms with E-state index in [9.17, 15) is 0 Å². The van der Waals surface area contributed by atoms with Crippen LogP contribution in [-0.4, -0.2) is 6.54 Å². The van der Waals surface area contributed by atoms with Crippen molar-refractivity contribution in [1.29, 1.82) is 0 Å². The molecule has 0 fully saturated rings. The molecule has 0 atom stereocenters. The molecule has 3 aromatic carbocycles. The summed E-state index contributed by atoms with van der Waals surface area (Å²) in [7, 11) is 0. The second kappa shape index (κ2) is 6.12. The molecule has 0 radical (unpaired) electrons. The lowest BCUT2D eigenvalue weighted by atomic mass is 10.1. The summed E-state index contributed by atoms with van der Waals surface area (Å²) in [5.41, 5.74) is 7.01. The molecule has 0 aliphatic rings. The summed E-state index contributed by atoms with van der Waals surface area (Å²) in [5.74, 6) is 0. The number of rotatable bonds is 4. The van der Waals surface area contributed by atoms with E-state index < -0.39 is 0 Å². The van der Waals surface area contributed by atoms with E-state index in [4.69, 9.17) is 5.73 Å². The summed E-state index contributed by atoms with van der Waals surface area (Å²) in [6.45, 7) is 0.690. The molecule has 3 aromatic rings. The summed E-state index contributed by atoms with van der Waals surface area (Å²) in [4.78, 5) is 2.57. The van der Waals surface area contributed by atoms with E-state index in [1.54, 1.807) is 0 Å². The van der Waals surface area contributed by atoms with Crippen LogP contribution < -0.4 is 5.73 Å². The van der Waals surface area contributed by atoms with Gasteiger partial charge in [0.25, 0.3) is 0 Å². The fraction of sp³-hybridized carbons (Fsp3) is 0.111. The molecule has 0 aliphatic carbocycles. The first-order valence-corrected chi connectivity index (χ1v) is 7.63. The smallest absolute Gasteiger partial charge is 0.0154 e. The van der Waals surface area contributed by atoms with E-state index >= 15 is 0 Å². The zero-order valence-electron chi connectivity index (χ0n) is 11.3. The molecule has 0 saturated heterocycles. The third-order valence-electron chi connectivity index (χ3n) is 3.34. The maximum absolute atomic E-state index is 5.69. The summed E-state index contributed by atoms with van der Waals surface area (Å²) >= 11 is 1.81. The van der Waals surface area contributed by atoms with Crippen molar-refractivity contribution in [3.63, 3.8) is 0 Å². The molecule has 0 spiro atoms. The summed E-state index contributed by atoms with van der Waals surface area (Å²) < 4.78 is 0. The Kier molecular flexibility index (Phi) is 4.05. The number of hydrogen-bond acceptors (Lipinski definition) is 2. The normalized spacial score (nSPS) is 10.8. The van der Waals surface area contributed by atoms with E-state index in [0.29, 0.717) is 6.54 Å². The number of fused-ring (bicyclic) bond motifs is 1. The maximum Gasteiger partial charge on any atom is 0.0154 e. The van der Waals surface area contributed by atoms with E-state index in [1.807, 2.05) is 11.8 Å². The van der Waals surface area contributed by atoms with Crippen LogP contribution in [0.1, 0.15) is 5.56 Å². The van der Waals surface area contributed by atoms with Crippen LogP contribution in [0.2, 0.25) is 0 Å². The van der Waals surface area contributed by atoms with Crippen LogP contribution in [0.4, 0.5) is 0 Å². The number of hydrogen-bond donors (Lipinski definition) is 1. The highest BCUT2D eigenvalue weighted by Crippen LogP contribution is 2.32. The summed E-state index contributed by atoms with van der Waals surface area (Å²) in [6, 6.07) is 23.6. The molecule has 0 bridgehead atoms. The van der Waals surface area contributed by atoms with Gasteiger partial charge in [-0.3, -0.25) is 0 Å². The molecule has 100 valence electrons. The topological polar surface area (TPSA) is 26.0 Å². The molecular formula is C18H17NS. The van der Waals surface area contributed by atoms with Crippen molar-refractivity contribution in [2.75, 3.05) is 6.54 Å². The fourth-order valence-corrected chi connectivity index (χ4v) is 3.35. The minimum absolute atomic E-state index is 0.690. The van der Waals surface area contributed by atoms with Crippen LogP contribution >= 0.6 is 11.8 Å². The second-order valence-electron chi connectivity index (χ2n) is 4.76. The van der Waals surface area contributed by atoms with Gasteiger partial charge in [0.05, 0.1) is 0 Å². The molecule has 0 saturated carbocycles. The zero-order chi connectivity index (χ0) is 13.8. The molecule has 0 aliphatic heterocycles. The van der Waals surface area contributed by atoms with Crippen molar-refractivity contribution >= 4 is 22.5 Å². The van der Waals surface area contributed by atoms with Gasteiger partial charge in [0.2, 0.25) is 0 Å². The van der Waals surface area contributed by atoms with Gasteiger partial charge in [-0.1, -0.05) is 60.3 Å². The van der Waals surface area contributed by atoms with Crippen molar-refractivity contribution < 1.29 is 0 Å². The van der Waals surface area contributed by atoms with Gasteiger partial charge in [0, 0.05) is 9.79 Å². The van der Waals surface area contributed by atoms with Crippen molar-refractivity contribution in [3.8, 4) is 0 Å². The summed E-state index contributed by atoms with van der Waals surface area (Å²) in [6.07, 6.45) is 0.927. The zero-order valence-corrected chi connectivity index (χ0v) is 12.1. The Bertz CT molecular complexity index is 721. The first-order chi connectivity index (χ1) is 9.86. The van der Waals surface area contributed by atoms with Gasteiger partial charge in [-0.05, 0) is 47.5 Å². The predicted octanol–water partition coefficient (Wildman–Crippen LogP) is 4.49. The van der Waals surface area contributed by atoms with Gasteiger partial charge in [0.1, 0.15) is 0 Å².